The summed E-state index contributed by atoms with van der Waals surface area (Å²) in [4.78, 5) is 26.3. The number of aliphatic carboxylic acids is 1. The van der Waals surface area contributed by atoms with Crippen molar-refractivity contribution < 1.29 is 14.8 Å². The van der Waals surface area contributed by atoms with Crippen LogP contribution in [0.4, 0.5) is 11.5 Å². The number of hydrogen-bond donors (Lipinski definition) is 1. The predicted molar refractivity (Wildman–Crippen MR) is 68.2 cm³/mol. The van der Waals surface area contributed by atoms with Gasteiger partial charge < -0.3 is 10.0 Å². The molecule has 0 unspecified atom stereocenters. The number of rotatable bonds is 6. The van der Waals surface area contributed by atoms with E-state index in [-0.39, 0.29) is 23.6 Å². The van der Waals surface area contributed by atoms with Gasteiger partial charge in [-0.15, -0.1) is 0 Å². The van der Waals surface area contributed by atoms with E-state index in [1.54, 1.807) is 0 Å². The van der Waals surface area contributed by atoms with Crippen LogP contribution in [0.2, 0.25) is 0 Å². The van der Waals surface area contributed by atoms with Crippen LogP contribution >= 0.6 is 0 Å². The van der Waals surface area contributed by atoms with Gasteiger partial charge in [0.05, 0.1) is 4.92 Å². The Bertz CT molecular complexity index is 592. The molecule has 0 spiro atoms. The number of aromatic nitrogens is 1. The lowest BCUT2D eigenvalue weighted by Gasteiger charge is -2.22. The summed E-state index contributed by atoms with van der Waals surface area (Å²) in [6.45, 7) is 0.210. The van der Waals surface area contributed by atoms with Gasteiger partial charge in [0.15, 0.2) is 0 Å². The van der Waals surface area contributed by atoms with Crippen molar-refractivity contribution in [3.05, 3.63) is 27.9 Å². The lowest BCUT2D eigenvalue weighted by Crippen LogP contribution is -2.33. The lowest BCUT2D eigenvalue weighted by atomic mass is 10.2. The first-order chi connectivity index (χ1) is 9.51. The number of nitrogens with zero attached hydrogens (tertiary/aromatic N) is 4. The second-order valence-corrected chi connectivity index (χ2v) is 4.65. The van der Waals surface area contributed by atoms with Gasteiger partial charge in [0, 0.05) is 12.6 Å². The van der Waals surface area contributed by atoms with Crippen molar-refractivity contribution in [1.82, 2.24) is 4.98 Å². The van der Waals surface area contributed by atoms with Crippen LogP contribution < -0.4 is 4.90 Å². The first-order valence-electron chi connectivity index (χ1n) is 6.02. The van der Waals surface area contributed by atoms with E-state index in [4.69, 9.17) is 10.4 Å². The minimum absolute atomic E-state index is 0.0149. The number of pyridine rings is 1. The summed E-state index contributed by atoms with van der Waals surface area (Å²) >= 11 is 0. The highest BCUT2D eigenvalue weighted by Crippen LogP contribution is 2.32. The third kappa shape index (κ3) is 3.20. The highest BCUT2D eigenvalue weighted by atomic mass is 16.6. The smallest absolute Gasteiger partial charge is 0.323 e. The van der Waals surface area contributed by atoms with E-state index in [9.17, 15) is 14.9 Å². The lowest BCUT2D eigenvalue weighted by molar-refractivity contribution is -0.385. The highest BCUT2D eigenvalue weighted by molar-refractivity contribution is 5.74. The van der Waals surface area contributed by atoms with Gasteiger partial charge in [-0.2, -0.15) is 5.26 Å². The molecule has 1 N–H and O–H groups in total. The molecular formula is C12H12N4O4. The molecule has 1 saturated carbocycles. The third-order valence-electron chi connectivity index (χ3n) is 2.98. The van der Waals surface area contributed by atoms with Crippen molar-refractivity contribution >= 4 is 17.5 Å². The highest BCUT2D eigenvalue weighted by Gasteiger charge is 2.27. The van der Waals surface area contributed by atoms with E-state index in [0.717, 1.165) is 25.1 Å². The van der Waals surface area contributed by atoms with E-state index in [2.05, 4.69) is 4.98 Å². The molecule has 0 bridgehead atoms. The molecule has 0 saturated heterocycles. The first kappa shape index (κ1) is 13.7. The molecule has 1 aliphatic rings. The molecule has 1 aliphatic carbocycles. The molecule has 8 nitrogen and oxygen atoms in total. The quantitative estimate of drug-likeness (QED) is 0.611. The Morgan fingerprint density at radius 1 is 1.65 bits per heavy atom. The molecule has 1 aromatic heterocycles. The second kappa shape index (κ2) is 5.52. The van der Waals surface area contributed by atoms with E-state index >= 15 is 0 Å². The van der Waals surface area contributed by atoms with Crippen LogP contribution in [0, 0.1) is 27.4 Å². The van der Waals surface area contributed by atoms with E-state index in [0.29, 0.717) is 12.5 Å². The van der Waals surface area contributed by atoms with Crippen molar-refractivity contribution in [2.24, 2.45) is 5.92 Å². The second-order valence-electron chi connectivity index (χ2n) is 4.65. The maximum atomic E-state index is 10.9. The van der Waals surface area contributed by atoms with E-state index in [1.165, 1.54) is 4.90 Å². The van der Waals surface area contributed by atoms with Crippen LogP contribution in [-0.2, 0) is 4.79 Å². The van der Waals surface area contributed by atoms with Crippen molar-refractivity contribution in [2.45, 2.75) is 12.8 Å². The number of carbonyl (C=O) groups is 1. The summed E-state index contributed by atoms with van der Waals surface area (Å²) in [5, 5.41) is 28.7. The maximum absolute atomic E-state index is 10.9. The van der Waals surface area contributed by atoms with Gasteiger partial charge in [0.2, 0.25) is 0 Å². The molecular weight excluding hydrogens is 264 g/mol. The number of hydrogen-bond acceptors (Lipinski definition) is 6. The summed E-state index contributed by atoms with van der Waals surface area (Å²) in [5.41, 5.74) is -0.270. The maximum Gasteiger partial charge on any atom is 0.323 e. The molecule has 0 amide bonds. The van der Waals surface area contributed by atoms with E-state index in [1.807, 2.05) is 6.07 Å². The molecule has 8 heteroatoms. The molecule has 0 radical (unpaired) electrons. The van der Waals surface area contributed by atoms with Crippen LogP contribution in [-0.4, -0.2) is 34.1 Å². The third-order valence-corrected chi connectivity index (χ3v) is 2.98. The van der Waals surface area contributed by atoms with Crippen molar-refractivity contribution in [1.29, 1.82) is 5.26 Å². The number of anilines is 1. The Hall–Kier alpha value is -2.69. The van der Waals surface area contributed by atoms with Crippen LogP contribution in [0.25, 0.3) is 0 Å². The van der Waals surface area contributed by atoms with Gasteiger partial charge in [-0.3, -0.25) is 14.9 Å². The van der Waals surface area contributed by atoms with Crippen molar-refractivity contribution in [3.8, 4) is 6.07 Å². The zero-order chi connectivity index (χ0) is 14.7. The molecule has 1 heterocycles. The standard InChI is InChI=1S/C12H12N4O4/c13-4-9-3-10(16(19)20)5-14-12(9)15(7-11(17)18)6-8-1-2-8/h3,5,8H,1-2,6-7H2,(H,17,18). The largest absolute Gasteiger partial charge is 0.480 e. The zero-order valence-corrected chi connectivity index (χ0v) is 10.5. The van der Waals surface area contributed by atoms with Gasteiger partial charge in [0.1, 0.15) is 30.2 Å². The molecule has 1 fully saturated rings. The normalized spacial score (nSPS) is 13.6. The van der Waals surface area contributed by atoms with Gasteiger partial charge in [-0.25, -0.2) is 4.98 Å². The minimum Gasteiger partial charge on any atom is -0.480 e. The number of carboxylic acids is 1. The SMILES string of the molecule is N#Cc1cc([N+](=O)[O-])cnc1N(CC(=O)O)CC1CC1. The Balaban J connectivity index is 2.33. The number of carboxylic acid groups (broad SMARTS) is 1. The Labute approximate surface area is 114 Å². The Morgan fingerprint density at radius 2 is 2.35 bits per heavy atom. The topological polar surface area (TPSA) is 120 Å². The average molecular weight is 276 g/mol. The van der Waals surface area contributed by atoms with Crippen LogP contribution in [0.3, 0.4) is 0 Å². The molecule has 0 aliphatic heterocycles. The molecule has 20 heavy (non-hydrogen) atoms. The molecule has 0 aromatic carbocycles. The Morgan fingerprint density at radius 3 is 2.85 bits per heavy atom. The van der Waals surface area contributed by atoms with E-state index < -0.39 is 10.9 Å². The molecule has 0 atom stereocenters. The van der Waals surface area contributed by atoms with Gasteiger partial charge in [-0.05, 0) is 18.8 Å². The summed E-state index contributed by atoms with van der Waals surface area (Å²) in [7, 11) is 0. The fraction of sp³-hybridized carbons (Fsp3) is 0.417. The van der Waals surface area contributed by atoms with Gasteiger partial charge >= 0.3 is 5.97 Å². The summed E-state index contributed by atoms with van der Waals surface area (Å²) in [5.74, 6) is -0.444. The number of nitriles is 1. The monoisotopic (exact) mass is 276 g/mol. The molecule has 104 valence electrons. The zero-order valence-electron chi connectivity index (χ0n) is 10.5. The predicted octanol–water partition coefficient (Wildman–Crippen LogP) is 1.16. The molecule has 2 rings (SSSR count). The van der Waals surface area contributed by atoms with Gasteiger partial charge in [-0.1, -0.05) is 0 Å². The van der Waals surface area contributed by atoms with Crippen LogP contribution in [0.15, 0.2) is 12.3 Å². The fourth-order valence-corrected chi connectivity index (χ4v) is 1.88. The average Bonchev–Trinajstić information content (AvgIpc) is 3.20. The fourth-order valence-electron chi connectivity index (χ4n) is 1.88. The van der Waals surface area contributed by atoms with Crippen LogP contribution in [0.5, 0.6) is 0 Å². The molecule has 1 aromatic rings. The minimum atomic E-state index is -1.03. The summed E-state index contributed by atoms with van der Waals surface area (Å²) in [6, 6.07) is 2.95. The van der Waals surface area contributed by atoms with Crippen molar-refractivity contribution in [2.75, 3.05) is 18.0 Å². The van der Waals surface area contributed by atoms with Gasteiger partial charge in [0.25, 0.3) is 5.69 Å². The summed E-state index contributed by atoms with van der Waals surface area (Å²) in [6.07, 6.45) is 3.08. The van der Waals surface area contributed by atoms with Crippen molar-refractivity contribution in [3.63, 3.8) is 0 Å². The van der Waals surface area contributed by atoms with Crippen LogP contribution in [0.1, 0.15) is 18.4 Å². The summed E-state index contributed by atoms with van der Waals surface area (Å²) < 4.78 is 0. The number of nitro groups is 1. The first-order valence-corrected chi connectivity index (χ1v) is 6.02. The Kier molecular flexibility index (Phi) is 3.79.